The van der Waals surface area contributed by atoms with Crippen LogP contribution in [-0.4, -0.2) is 46.5 Å². The van der Waals surface area contributed by atoms with E-state index in [-0.39, 0.29) is 30.3 Å². The summed E-state index contributed by atoms with van der Waals surface area (Å²) >= 11 is 0. The average molecular weight is 374 g/mol. The summed E-state index contributed by atoms with van der Waals surface area (Å²) in [6.07, 6.45) is -3.18. The Bertz CT molecular complexity index is 648. The van der Waals surface area contributed by atoms with Crippen LogP contribution in [0.15, 0.2) is 36.4 Å². The number of alkyl halides is 3. The summed E-state index contributed by atoms with van der Waals surface area (Å²) in [6, 6.07) is 4.44. The minimum atomic E-state index is -4.46. The van der Waals surface area contributed by atoms with Crippen LogP contribution in [0.4, 0.5) is 13.2 Å². The highest BCUT2D eigenvalue weighted by Gasteiger charge is 2.47. The fourth-order valence-electron chi connectivity index (χ4n) is 3.59. The van der Waals surface area contributed by atoms with Crippen LogP contribution < -0.4 is 4.74 Å². The Morgan fingerprint density at radius 3 is 2.77 bits per heavy atom. The molecule has 6 atom stereocenters. The van der Waals surface area contributed by atoms with Gasteiger partial charge in [0, 0.05) is 18.8 Å². The van der Waals surface area contributed by atoms with Crippen molar-refractivity contribution in [2.75, 3.05) is 6.61 Å². The zero-order valence-corrected chi connectivity index (χ0v) is 13.8. The third-order valence-electron chi connectivity index (χ3n) is 4.83. The highest BCUT2D eigenvalue weighted by atomic mass is 19.4. The topological polar surface area (TPSA) is 79.2 Å². The predicted octanol–water partition coefficient (Wildman–Crippen LogP) is 2.11. The van der Waals surface area contributed by atoms with Crippen molar-refractivity contribution in [2.24, 2.45) is 11.8 Å². The van der Waals surface area contributed by atoms with Gasteiger partial charge in [-0.1, -0.05) is 18.2 Å². The van der Waals surface area contributed by atoms with Crippen LogP contribution >= 0.6 is 0 Å². The lowest BCUT2D eigenvalue weighted by molar-refractivity contribution is -0.137. The van der Waals surface area contributed by atoms with Crippen LogP contribution in [0.3, 0.4) is 0 Å². The van der Waals surface area contributed by atoms with Gasteiger partial charge in [0.1, 0.15) is 18.5 Å². The summed E-state index contributed by atoms with van der Waals surface area (Å²) in [5, 5.41) is 29.6. The number of fused-ring (bicyclic) bond motifs is 1. The molecule has 0 aromatic heterocycles. The maximum Gasteiger partial charge on any atom is 0.416 e. The van der Waals surface area contributed by atoms with Gasteiger partial charge in [0.15, 0.2) is 6.29 Å². The third kappa shape index (κ3) is 4.37. The summed E-state index contributed by atoms with van der Waals surface area (Å²) < 4.78 is 48.5. The van der Waals surface area contributed by atoms with Gasteiger partial charge in [-0.2, -0.15) is 13.2 Å². The number of rotatable bonds is 5. The van der Waals surface area contributed by atoms with Crippen molar-refractivity contribution in [2.45, 2.75) is 43.6 Å². The molecule has 144 valence electrons. The molecule has 3 rings (SSSR count). The van der Waals surface area contributed by atoms with E-state index >= 15 is 0 Å². The molecule has 0 bridgehead atoms. The lowest BCUT2D eigenvalue weighted by Crippen LogP contribution is -2.20. The highest BCUT2D eigenvalue weighted by Crippen LogP contribution is 2.43. The van der Waals surface area contributed by atoms with Gasteiger partial charge in [0.2, 0.25) is 0 Å². The standard InChI is InChI=1S/C18H21F3O5/c19-18(20,21)10-2-1-3-12(6-10)25-9-11(22)4-5-13-14-7-17(24)26-16(14)8-15(13)23/h1-6,11,13-17,22-24H,7-9H2/b5-4+/t11-,13-,14-,15-,16+,17?/m1/s1. The summed E-state index contributed by atoms with van der Waals surface area (Å²) in [4.78, 5) is 0. The van der Waals surface area contributed by atoms with E-state index in [1.54, 1.807) is 6.08 Å². The Morgan fingerprint density at radius 1 is 1.27 bits per heavy atom. The van der Waals surface area contributed by atoms with E-state index in [0.29, 0.717) is 12.8 Å². The molecule has 5 nitrogen and oxygen atoms in total. The normalized spacial score (nSPS) is 32.8. The molecule has 8 heteroatoms. The molecule has 2 aliphatic rings. The van der Waals surface area contributed by atoms with Gasteiger partial charge in [0.05, 0.1) is 17.8 Å². The van der Waals surface area contributed by atoms with Gasteiger partial charge in [-0.15, -0.1) is 0 Å². The molecule has 1 aliphatic carbocycles. The van der Waals surface area contributed by atoms with Gasteiger partial charge in [-0.25, -0.2) is 0 Å². The first-order valence-electron chi connectivity index (χ1n) is 8.42. The lowest BCUT2D eigenvalue weighted by atomic mass is 9.91. The number of aliphatic hydroxyl groups is 3. The highest BCUT2D eigenvalue weighted by molar-refractivity contribution is 5.30. The minimum absolute atomic E-state index is 0.0144. The van der Waals surface area contributed by atoms with Crippen LogP contribution in [0.1, 0.15) is 18.4 Å². The average Bonchev–Trinajstić information content (AvgIpc) is 3.05. The first-order valence-corrected chi connectivity index (χ1v) is 8.42. The van der Waals surface area contributed by atoms with Gasteiger partial charge < -0.3 is 24.8 Å². The quantitative estimate of drug-likeness (QED) is 0.688. The smallest absolute Gasteiger partial charge is 0.416 e. The van der Waals surface area contributed by atoms with E-state index in [2.05, 4.69) is 0 Å². The van der Waals surface area contributed by atoms with Crippen molar-refractivity contribution in [1.29, 1.82) is 0 Å². The second-order valence-electron chi connectivity index (χ2n) is 6.70. The van der Waals surface area contributed by atoms with Gasteiger partial charge in [-0.3, -0.25) is 0 Å². The number of hydrogen-bond acceptors (Lipinski definition) is 5. The fraction of sp³-hybridized carbons (Fsp3) is 0.556. The number of ether oxygens (including phenoxy) is 2. The van der Waals surface area contributed by atoms with Crippen molar-refractivity contribution in [3.63, 3.8) is 0 Å². The Hall–Kier alpha value is -1.61. The zero-order valence-electron chi connectivity index (χ0n) is 13.8. The van der Waals surface area contributed by atoms with Gasteiger partial charge in [0.25, 0.3) is 0 Å². The molecular weight excluding hydrogens is 353 g/mol. The first-order chi connectivity index (χ1) is 12.2. The van der Waals surface area contributed by atoms with Crippen molar-refractivity contribution < 1.29 is 38.0 Å². The molecule has 3 N–H and O–H groups in total. The summed E-state index contributed by atoms with van der Waals surface area (Å²) in [5.74, 6) is -0.256. The van der Waals surface area contributed by atoms with E-state index in [1.807, 2.05) is 0 Å². The van der Waals surface area contributed by atoms with Crippen LogP contribution in [-0.2, 0) is 10.9 Å². The number of halogens is 3. The van der Waals surface area contributed by atoms with Crippen molar-refractivity contribution in [1.82, 2.24) is 0 Å². The lowest BCUT2D eigenvalue weighted by Gasteiger charge is -2.17. The molecular formula is C18H21F3O5. The van der Waals surface area contributed by atoms with Crippen molar-refractivity contribution in [3.8, 4) is 5.75 Å². The van der Waals surface area contributed by atoms with E-state index in [9.17, 15) is 28.5 Å². The van der Waals surface area contributed by atoms with Crippen molar-refractivity contribution in [3.05, 3.63) is 42.0 Å². The molecule has 1 unspecified atom stereocenters. The maximum atomic E-state index is 12.7. The number of benzene rings is 1. The molecule has 0 radical (unpaired) electrons. The molecule has 1 aliphatic heterocycles. The van der Waals surface area contributed by atoms with E-state index in [0.717, 1.165) is 12.1 Å². The zero-order chi connectivity index (χ0) is 18.9. The Labute approximate surface area is 148 Å². The summed E-state index contributed by atoms with van der Waals surface area (Å²) in [7, 11) is 0. The van der Waals surface area contributed by atoms with E-state index in [1.165, 1.54) is 18.2 Å². The molecule has 0 amide bonds. The fourth-order valence-corrected chi connectivity index (χ4v) is 3.59. The second-order valence-corrected chi connectivity index (χ2v) is 6.70. The molecule has 2 fully saturated rings. The van der Waals surface area contributed by atoms with Crippen LogP contribution in [0.2, 0.25) is 0 Å². The second kappa shape index (κ2) is 7.56. The molecule has 1 heterocycles. The largest absolute Gasteiger partial charge is 0.491 e. The number of aliphatic hydroxyl groups excluding tert-OH is 3. The molecule has 1 aromatic carbocycles. The predicted molar refractivity (Wildman–Crippen MR) is 85.2 cm³/mol. The SMILES string of the molecule is OC1C[C@@H]2[C@@H](/C=C/[C@@H](O)COc3cccc(C(F)(F)F)c3)[C@H](O)C[C@@H]2O1. The van der Waals surface area contributed by atoms with Gasteiger partial charge in [-0.05, 0) is 24.1 Å². The Balaban J connectivity index is 1.54. The van der Waals surface area contributed by atoms with Gasteiger partial charge >= 0.3 is 6.18 Å². The molecule has 26 heavy (non-hydrogen) atoms. The molecule has 1 saturated heterocycles. The molecule has 1 aromatic rings. The monoisotopic (exact) mass is 374 g/mol. The van der Waals surface area contributed by atoms with Crippen LogP contribution in [0.25, 0.3) is 0 Å². The van der Waals surface area contributed by atoms with E-state index < -0.39 is 30.2 Å². The maximum absolute atomic E-state index is 12.7. The van der Waals surface area contributed by atoms with E-state index in [4.69, 9.17) is 9.47 Å². The first kappa shape index (κ1) is 19.2. The summed E-state index contributed by atoms with van der Waals surface area (Å²) in [5.41, 5.74) is -0.819. The minimum Gasteiger partial charge on any atom is -0.491 e. The third-order valence-corrected chi connectivity index (χ3v) is 4.83. The molecule has 0 spiro atoms. The van der Waals surface area contributed by atoms with Crippen LogP contribution in [0, 0.1) is 11.8 Å². The van der Waals surface area contributed by atoms with Crippen LogP contribution in [0.5, 0.6) is 5.75 Å². The number of hydrogen-bond donors (Lipinski definition) is 3. The molecule has 1 saturated carbocycles. The Morgan fingerprint density at radius 2 is 2.04 bits per heavy atom. The summed E-state index contributed by atoms with van der Waals surface area (Å²) in [6.45, 7) is -0.214. The Kier molecular flexibility index (Phi) is 5.57. The van der Waals surface area contributed by atoms with Crippen molar-refractivity contribution >= 4 is 0 Å².